The van der Waals surface area contributed by atoms with Crippen molar-refractivity contribution in [3.8, 4) is 0 Å². The van der Waals surface area contributed by atoms with Crippen LogP contribution in [0.5, 0.6) is 0 Å². The molecule has 0 unspecified atom stereocenters. The molecule has 0 atom stereocenters. The van der Waals surface area contributed by atoms with E-state index in [0.717, 1.165) is 6.42 Å². The Morgan fingerprint density at radius 2 is 1.62 bits per heavy atom. The predicted octanol–water partition coefficient (Wildman–Crippen LogP) is 7.93. The summed E-state index contributed by atoms with van der Waals surface area (Å²) in [5.41, 5.74) is 3.24. The highest BCUT2D eigenvalue weighted by Crippen LogP contribution is 2.39. The molecule has 2 heteroatoms. The lowest BCUT2D eigenvalue weighted by molar-refractivity contribution is 0.534. The van der Waals surface area contributed by atoms with Crippen molar-refractivity contribution in [3.05, 3.63) is 69.9 Å². The second kappa shape index (κ2) is 6.21. The van der Waals surface area contributed by atoms with Crippen LogP contribution in [0.15, 0.2) is 53.9 Å². The average Bonchev–Trinajstić information content (AvgIpc) is 3.18. The fraction of sp³-hybridized carbons (Fsp3) is 0.333. The fourth-order valence-electron chi connectivity index (χ4n) is 3.68. The average molecular weight is 379 g/mol. The lowest BCUT2D eigenvalue weighted by Gasteiger charge is -2.23. The highest BCUT2D eigenvalue weighted by atomic mass is 32.1. The van der Waals surface area contributed by atoms with E-state index in [1.54, 1.807) is 0 Å². The van der Waals surface area contributed by atoms with E-state index in [-0.39, 0.29) is 10.8 Å². The van der Waals surface area contributed by atoms with Crippen molar-refractivity contribution in [1.82, 2.24) is 0 Å². The molecule has 0 N–H and O–H groups in total. The van der Waals surface area contributed by atoms with Gasteiger partial charge in [0.05, 0.1) is 0 Å². The second-order valence-electron chi connectivity index (χ2n) is 8.94. The third-order valence-electron chi connectivity index (χ3n) is 5.19. The van der Waals surface area contributed by atoms with E-state index >= 15 is 0 Å². The van der Waals surface area contributed by atoms with Crippen LogP contribution in [-0.2, 0) is 17.3 Å². The molecule has 0 saturated carbocycles. The van der Waals surface area contributed by atoms with E-state index in [1.807, 2.05) is 22.7 Å². The van der Waals surface area contributed by atoms with Crippen LogP contribution in [0, 0.1) is 0 Å². The maximum absolute atomic E-state index is 2.41. The first kappa shape index (κ1) is 17.8. The summed E-state index contributed by atoms with van der Waals surface area (Å²) in [4.78, 5) is 1.47. The maximum atomic E-state index is 2.41. The summed E-state index contributed by atoms with van der Waals surface area (Å²) in [5, 5.41) is 5.13. The first-order valence-corrected chi connectivity index (χ1v) is 10.9. The van der Waals surface area contributed by atoms with Gasteiger partial charge in [0, 0.05) is 19.7 Å². The standard InChI is InChI=1S/C24H26S2/c1-23(2,3)19-15-25-21-12-16(10-11-18(19)21)14-24(4,5)22-13-17-8-6-7-9-20(17)26-22/h6-13,15H,14H2,1-5H3. The molecule has 134 valence electrons. The lowest BCUT2D eigenvalue weighted by atomic mass is 9.83. The van der Waals surface area contributed by atoms with Crippen molar-refractivity contribution in [2.45, 2.75) is 51.9 Å². The van der Waals surface area contributed by atoms with Gasteiger partial charge in [0.25, 0.3) is 0 Å². The van der Waals surface area contributed by atoms with E-state index in [4.69, 9.17) is 0 Å². The van der Waals surface area contributed by atoms with Crippen molar-refractivity contribution in [2.75, 3.05) is 0 Å². The monoisotopic (exact) mass is 378 g/mol. The van der Waals surface area contributed by atoms with E-state index in [9.17, 15) is 0 Å². The normalized spacial score (nSPS) is 13.0. The van der Waals surface area contributed by atoms with Gasteiger partial charge in [-0.3, -0.25) is 0 Å². The van der Waals surface area contributed by atoms with E-state index in [0.29, 0.717) is 0 Å². The smallest absolute Gasteiger partial charge is 0.0348 e. The molecule has 4 aromatic rings. The van der Waals surface area contributed by atoms with Gasteiger partial charge in [0.15, 0.2) is 0 Å². The predicted molar refractivity (Wildman–Crippen MR) is 119 cm³/mol. The van der Waals surface area contributed by atoms with Gasteiger partial charge in [0.2, 0.25) is 0 Å². The molecule has 0 spiro atoms. The largest absolute Gasteiger partial charge is 0.143 e. The van der Waals surface area contributed by atoms with Gasteiger partial charge < -0.3 is 0 Å². The Kier molecular flexibility index (Phi) is 4.24. The molecule has 4 rings (SSSR count). The first-order valence-electron chi connectivity index (χ1n) is 9.24. The van der Waals surface area contributed by atoms with Gasteiger partial charge >= 0.3 is 0 Å². The second-order valence-corrected chi connectivity index (χ2v) is 10.9. The summed E-state index contributed by atoms with van der Waals surface area (Å²) in [6, 6.07) is 18.2. The third-order valence-corrected chi connectivity index (χ3v) is 7.61. The summed E-state index contributed by atoms with van der Waals surface area (Å²) in [6.45, 7) is 11.6. The molecule has 0 aliphatic heterocycles. The molecule has 2 aromatic carbocycles. The summed E-state index contributed by atoms with van der Waals surface area (Å²) in [6.07, 6.45) is 1.07. The van der Waals surface area contributed by atoms with Gasteiger partial charge in [-0.05, 0) is 57.3 Å². The Hall–Kier alpha value is -1.64. The molecule has 0 bridgehead atoms. The molecule has 0 saturated heterocycles. The molecule has 0 nitrogen and oxygen atoms in total. The van der Waals surface area contributed by atoms with Crippen molar-refractivity contribution >= 4 is 42.8 Å². The quantitative estimate of drug-likeness (QED) is 0.339. The number of rotatable bonds is 3. The van der Waals surface area contributed by atoms with Crippen molar-refractivity contribution in [1.29, 1.82) is 0 Å². The van der Waals surface area contributed by atoms with Crippen LogP contribution < -0.4 is 0 Å². The molecule has 0 radical (unpaired) electrons. The number of hydrogen-bond donors (Lipinski definition) is 0. The van der Waals surface area contributed by atoms with Crippen LogP contribution in [-0.4, -0.2) is 0 Å². The number of fused-ring (bicyclic) bond motifs is 2. The highest BCUT2D eigenvalue weighted by molar-refractivity contribution is 7.19. The first-order chi connectivity index (χ1) is 12.2. The van der Waals surface area contributed by atoms with Crippen LogP contribution in [0.2, 0.25) is 0 Å². The van der Waals surface area contributed by atoms with Gasteiger partial charge in [-0.15, -0.1) is 22.7 Å². The molecule has 0 amide bonds. The SMILES string of the molecule is CC(C)(C)c1csc2cc(CC(C)(C)c3cc4ccccc4s3)ccc12. The van der Waals surface area contributed by atoms with Gasteiger partial charge in [-0.25, -0.2) is 0 Å². The molecule has 2 heterocycles. The molecular weight excluding hydrogens is 352 g/mol. The van der Waals surface area contributed by atoms with Crippen molar-refractivity contribution in [2.24, 2.45) is 0 Å². The van der Waals surface area contributed by atoms with Crippen LogP contribution in [0.4, 0.5) is 0 Å². The van der Waals surface area contributed by atoms with E-state index in [2.05, 4.69) is 88.5 Å². The molecular formula is C24H26S2. The zero-order valence-corrected chi connectivity index (χ0v) is 17.9. The van der Waals surface area contributed by atoms with E-state index < -0.39 is 0 Å². The topological polar surface area (TPSA) is 0 Å². The zero-order chi connectivity index (χ0) is 18.5. The minimum Gasteiger partial charge on any atom is -0.143 e. The molecule has 0 aliphatic carbocycles. The molecule has 2 aromatic heterocycles. The zero-order valence-electron chi connectivity index (χ0n) is 16.2. The third kappa shape index (κ3) is 3.21. The number of hydrogen-bond acceptors (Lipinski definition) is 2. The van der Waals surface area contributed by atoms with Gasteiger partial charge in [0.1, 0.15) is 0 Å². The minimum absolute atomic E-state index is 0.140. The van der Waals surface area contributed by atoms with Crippen molar-refractivity contribution < 1.29 is 0 Å². The van der Waals surface area contributed by atoms with E-state index in [1.165, 1.54) is 36.2 Å². The molecule has 0 fully saturated rings. The number of thiophene rings is 2. The number of benzene rings is 2. The Morgan fingerprint density at radius 1 is 0.846 bits per heavy atom. The molecule has 26 heavy (non-hydrogen) atoms. The fourth-order valence-corrected chi connectivity index (χ4v) is 6.09. The summed E-state index contributed by atoms with van der Waals surface area (Å²) in [5.74, 6) is 0. The minimum atomic E-state index is 0.140. The van der Waals surface area contributed by atoms with Crippen LogP contribution in [0.3, 0.4) is 0 Å². The van der Waals surface area contributed by atoms with Crippen LogP contribution in [0.1, 0.15) is 50.6 Å². The lowest BCUT2D eigenvalue weighted by Crippen LogP contribution is -2.18. The van der Waals surface area contributed by atoms with Crippen molar-refractivity contribution in [3.63, 3.8) is 0 Å². The summed E-state index contributed by atoms with van der Waals surface area (Å²) in [7, 11) is 0. The Labute approximate surface area is 164 Å². The molecule has 0 aliphatic rings. The van der Waals surface area contributed by atoms with Gasteiger partial charge in [-0.2, -0.15) is 0 Å². The summed E-state index contributed by atoms with van der Waals surface area (Å²) < 4.78 is 2.80. The van der Waals surface area contributed by atoms with Crippen LogP contribution in [0.25, 0.3) is 20.2 Å². The Morgan fingerprint density at radius 3 is 2.35 bits per heavy atom. The van der Waals surface area contributed by atoms with Gasteiger partial charge in [-0.1, -0.05) is 65.0 Å². The summed E-state index contributed by atoms with van der Waals surface area (Å²) >= 11 is 3.82. The Balaban J connectivity index is 1.67. The van der Waals surface area contributed by atoms with Crippen LogP contribution >= 0.6 is 22.7 Å². The Bertz CT molecular complexity index is 1040. The highest BCUT2D eigenvalue weighted by Gasteiger charge is 2.24. The maximum Gasteiger partial charge on any atom is 0.0348 e.